The highest BCUT2D eigenvalue weighted by Crippen LogP contribution is 2.10. The van der Waals surface area contributed by atoms with Crippen LogP contribution in [-0.2, 0) is 11.3 Å². The second-order valence-corrected chi connectivity index (χ2v) is 3.53. The van der Waals surface area contributed by atoms with Gasteiger partial charge >= 0.3 is 0 Å². The van der Waals surface area contributed by atoms with E-state index in [0.717, 1.165) is 18.7 Å². The minimum absolute atomic E-state index is 0. The molecule has 0 saturated carbocycles. The zero-order valence-corrected chi connectivity index (χ0v) is 10.6. The number of carbonyl (C=O) groups excluding carboxylic acids is 1. The molecule has 0 heterocycles. The summed E-state index contributed by atoms with van der Waals surface area (Å²) in [5, 5.41) is 5.95. The molecule has 90 valence electrons. The van der Waals surface area contributed by atoms with Gasteiger partial charge in [-0.15, -0.1) is 12.4 Å². The molecule has 3 nitrogen and oxygen atoms in total. The first kappa shape index (κ1) is 14.9. The molecule has 1 aromatic rings. The number of amides is 1. The Morgan fingerprint density at radius 3 is 2.75 bits per heavy atom. The van der Waals surface area contributed by atoms with Crippen molar-refractivity contribution in [2.45, 2.75) is 26.3 Å². The molecule has 0 aromatic heterocycles. The Kier molecular flexibility index (Phi) is 7.60. The smallest absolute Gasteiger partial charge is 0.224 e. The third kappa shape index (κ3) is 5.14. The Labute approximate surface area is 103 Å². The lowest BCUT2D eigenvalue weighted by molar-refractivity contribution is -0.116. The number of hydrogen-bond donors (Lipinski definition) is 2. The molecular weight excluding hydrogens is 224 g/mol. The van der Waals surface area contributed by atoms with E-state index in [-0.39, 0.29) is 18.3 Å². The highest BCUT2D eigenvalue weighted by Gasteiger charge is 2.00. The van der Waals surface area contributed by atoms with E-state index in [1.807, 2.05) is 38.2 Å². The topological polar surface area (TPSA) is 41.1 Å². The van der Waals surface area contributed by atoms with Gasteiger partial charge < -0.3 is 10.6 Å². The van der Waals surface area contributed by atoms with Crippen LogP contribution in [0.1, 0.15) is 25.3 Å². The number of hydrogen-bond acceptors (Lipinski definition) is 2. The Hall–Kier alpha value is -1.06. The van der Waals surface area contributed by atoms with Crippen molar-refractivity contribution in [1.29, 1.82) is 0 Å². The van der Waals surface area contributed by atoms with Crippen molar-refractivity contribution < 1.29 is 4.79 Å². The minimum Gasteiger partial charge on any atom is -0.326 e. The van der Waals surface area contributed by atoms with Gasteiger partial charge in [-0.3, -0.25) is 4.79 Å². The van der Waals surface area contributed by atoms with Gasteiger partial charge in [-0.1, -0.05) is 19.1 Å². The molecule has 0 aliphatic rings. The molecule has 0 fully saturated rings. The zero-order chi connectivity index (χ0) is 11.1. The van der Waals surface area contributed by atoms with E-state index in [9.17, 15) is 4.79 Å². The van der Waals surface area contributed by atoms with E-state index in [0.29, 0.717) is 6.42 Å². The molecule has 0 unspecified atom stereocenters. The van der Waals surface area contributed by atoms with Crippen LogP contribution in [0, 0.1) is 0 Å². The third-order valence-corrected chi connectivity index (χ3v) is 2.07. The van der Waals surface area contributed by atoms with E-state index in [2.05, 4.69) is 10.6 Å². The summed E-state index contributed by atoms with van der Waals surface area (Å²) in [4.78, 5) is 11.4. The molecular formula is C12H19ClN2O. The molecule has 0 aliphatic carbocycles. The fourth-order valence-corrected chi connectivity index (χ4v) is 1.41. The SMILES string of the molecule is CCCC(=O)Nc1cccc(CNC)c1.Cl. The Morgan fingerprint density at radius 2 is 2.12 bits per heavy atom. The van der Waals surface area contributed by atoms with Gasteiger partial charge in [0.1, 0.15) is 0 Å². The normalized spacial score (nSPS) is 9.38. The van der Waals surface area contributed by atoms with Gasteiger partial charge in [0, 0.05) is 18.7 Å². The largest absolute Gasteiger partial charge is 0.326 e. The van der Waals surface area contributed by atoms with Gasteiger partial charge in [-0.2, -0.15) is 0 Å². The maximum Gasteiger partial charge on any atom is 0.224 e. The van der Waals surface area contributed by atoms with E-state index >= 15 is 0 Å². The molecule has 16 heavy (non-hydrogen) atoms. The summed E-state index contributed by atoms with van der Waals surface area (Å²) in [7, 11) is 1.91. The van der Waals surface area contributed by atoms with Gasteiger partial charge in [0.25, 0.3) is 0 Å². The second kappa shape index (κ2) is 8.13. The molecule has 1 amide bonds. The number of nitrogens with one attached hydrogen (secondary N) is 2. The summed E-state index contributed by atoms with van der Waals surface area (Å²) in [6.07, 6.45) is 1.46. The monoisotopic (exact) mass is 242 g/mol. The van der Waals surface area contributed by atoms with Crippen molar-refractivity contribution in [2.24, 2.45) is 0 Å². The molecule has 2 N–H and O–H groups in total. The fraction of sp³-hybridized carbons (Fsp3) is 0.417. The lowest BCUT2D eigenvalue weighted by Gasteiger charge is -2.06. The quantitative estimate of drug-likeness (QED) is 0.833. The number of benzene rings is 1. The number of carbonyl (C=O) groups is 1. The van der Waals surface area contributed by atoms with Gasteiger partial charge in [0.2, 0.25) is 5.91 Å². The molecule has 1 aromatic carbocycles. The van der Waals surface area contributed by atoms with E-state index in [1.165, 1.54) is 5.56 Å². The molecule has 0 saturated heterocycles. The molecule has 0 spiro atoms. The molecule has 0 aliphatic heterocycles. The average Bonchev–Trinajstić information content (AvgIpc) is 2.19. The average molecular weight is 243 g/mol. The molecule has 1 rings (SSSR count). The number of rotatable bonds is 5. The van der Waals surface area contributed by atoms with Crippen molar-refractivity contribution in [3.8, 4) is 0 Å². The molecule has 0 radical (unpaired) electrons. The van der Waals surface area contributed by atoms with Crippen LogP contribution in [0.4, 0.5) is 5.69 Å². The lowest BCUT2D eigenvalue weighted by Crippen LogP contribution is -2.11. The summed E-state index contributed by atoms with van der Waals surface area (Å²) in [6, 6.07) is 7.89. The van der Waals surface area contributed by atoms with Crippen LogP contribution in [0.25, 0.3) is 0 Å². The van der Waals surface area contributed by atoms with Gasteiger partial charge in [0.05, 0.1) is 0 Å². The van der Waals surface area contributed by atoms with E-state index in [1.54, 1.807) is 0 Å². The Morgan fingerprint density at radius 1 is 1.38 bits per heavy atom. The first-order valence-electron chi connectivity index (χ1n) is 5.29. The standard InChI is InChI=1S/C12H18N2O.ClH/c1-3-5-12(15)14-11-7-4-6-10(8-11)9-13-2;/h4,6-8,13H,3,5,9H2,1-2H3,(H,14,15);1H. The van der Waals surface area contributed by atoms with Crippen molar-refractivity contribution in [3.63, 3.8) is 0 Å². The Bertz CT molecular complexity index is 329. The highest BCUT2D eigenvalue weighted by atomic mass is 35.5. The highest BCUT2D eigenvalue weighted by molar-refractivity contribution is 5.90. The number of anilines is 1. The van der Waals surface area contributed by atoms with Crippen LogP contribution in [0.2, 0.25) is 0 Å². The minimum atomic E-state index is 0. The van der Waals surface area contributed by atoms with Crippen LogP contribution in [-0.4, -0.2) is 13.0 Å². The summed E-state index contributed by atoms with van der Waals surface area (Å²) >= 11 is 0. The predicted octanol–water partition coefficient (Wildman–Crippen LogP) is 2.57. The molecule has 0 bridgehead atoms. The van der Waals surface area contributed by atoms with Crippen molar-refractivity contribution in [2.75, 3.05) is 12.4 Å². The third-order valence-electron chi connectivity index (χ3n) is 2.07. The second-order valence-electron chi connectivity index (χ2n) is 3.53. The summed E-state index contributed by atoms with van der Waals surface area (Å²) in [6.45, 7) is 2.81. The maximum atomic E-state index is 11.4. The molecule has 0 atom stereocenters. The predicted molar refractivity (Wildman–Crippen MR) is 70.0 cm³/mol. The van der Waals surface area contributed by atoms with E-state index in [4.69, 9.17) is 0 Å². The van der Waals surface area contributed by atoms with Crippen LogP contribution in [0.3, 0.4) is 0 Å². The zero-order valence-electron chi connectivity index (χ0n) is 9.75. The van der Waals surface area contributed by atoms with Crippen LogP contribution in [0.15, 0.2) is 24.3 Å². The van der Waals surface area contributed by atoms with Crippen LogP contribution < -0.4 is 10.6 Å². The lowest BCUT2D eigenvalue weighted by atomic mass is 10.2. The summed E-state index contributed by atoms with van der Waals surface area (Å²) in [5.74, 6) is 0.0825. The van der Waals surface area contributed by atoms with Crippen molar-refractivity contribution in [1.82, 2.24) is 5.32 Å². The fourth-order valence-electron chi connectivity index (χ4n) is 1.41. The Balaban J connectivity index is 0.00000225. The summed E-state index contributed by atoms with van der Waals surface area (Å²) in [5.41, 5.74) is 2.05. The van der Waals surface area contributed by atoms with Crippen LogP contribution >= 0.6 is 12.4 Å². The van der Waals surface area contributed by atoms with Crippen molar-refractivity contribution in [3.05, 3.63) is 29.8 Å². The van der Waals surface area contributed by atoms with Gasteiger partial charge in [-0.25, -0.2) is 0 Å². The van der Waals surface area contributed by atoms with Gasteiger partial charge in [-0.05, 0) is 31.2 Å². The van der Waals surface area contributed by atoms with Gasteiger partial charge in [0.15, 0.2) is 0 Å². The first-order chi connectivity index (χ1) is 7.26. The van der Waals surface area contributed by atoms with Crippen LogP contribution in [0.5, 0.6) is 0 Å². The maximum absolute atomic E-state index is 11.4. The molecule has 4 heteroatoms. The summed E-state index contributed by atoms with van der Waals surface area (Å²) < 4.78 is 0. The van der Waals surface area contributed by atoms with Crippen molar-refractivity contribution >= 4 is 24.0 Å². The van der Waals surface area contributed by atoms with E-state index < -0.39 is 0 Å². The first-order valence-corrected chi connectivity index (χ1v) is 5.29. The number of halogens is 1.